The number of benzene rings is 1. The summed E-state index contributed by atoms with van der Waals surface area (Å²) in [5.41, 5.74) is 10.2. The molecule has 1 aromatic heterocycles. The molecule has 1 heterocycles. The maximum Gasteiger partial charge on any atom is 0.341 e. The van der Waals surface area contributed by atoms with Crippen LogP contribution in [0.1, 0.15) is 59.8 Å². The van der Waals surface area contributed by atoms with Crippen LogP contribution in [-0.4, -0.2) is 16.1 Å². The monoisotopic (exact) mass is 350 g/mol. The van der Waals surface area contributed by atoms with Crippen molar-refractivity contribution >= 4 is 22.8 Å². The molecule has 1 aromatic carbocycles. The first-order chi connectivity index (χ1) is 12.4. The van der Waals surface area contributed by atoms with Crippen LogP contribution in [0.5, 0.6) is 0 Å². The first-order valence-electron chi connectivity index (χ1n) is 8.62. The molecular weight excluding hydrogens is 328 g/mol. The van der Waals surface area contributed by atoms with Crippen molar-refractivity contribution in [2.45, 2.75) is 32.6 Å². The number of nitrogens with one attached hydrogen (secondary N) is 1. The second-order valence-corrected chi connectivity index (χ2v) is 6.58. The van der Waals surface area contributed by atoms with Crippen molar-refractivity contribution in [1.82, 2.24) is 4.98 Å². The Balaban J connectivity index is 2.23. The van der Waals surface area contributed by atoms with Crippen molar-refractivity contribution in [2.24, 2.45) is 0 Å². The Morgan fingerprint density at radius 3 is 2.46 bits per heavy atom. The molecule has 0 aliphatic heterocycles. The fourth-order valence-electron chi connectivity index (χ4n) is 3.13. The predicted molar refractivity (Wildman–Crippen MR) is 104 cm³/mol. The highest BCUT2D eigenvalue weighted by Crippen LogP contribution is 2.43. The van der Waals surface area contributed by atoms with E-state index in [2.05, 4.69) is 4.98 Å². The Kier molecular flexibility index (Phi) is 4.80. The predicted octanol–water partition coefficient (Wildman–Crippen LogP) is 4.04. The van der Waals surface area contributed by atoms with E-state index in [9.17, 15) is 14.7 Å². The number of nitrogen functional groups attached to an aromatic ring is 1. The highest BCUT2D eigenvalue weighted by Gasteiger charge is 2.29. The number of rotatable bonds is 5. The summed E-state index contributed by atoms with van der Waals surface area (Å²) in [5, 5.41) is 9.26. The van der Waals surface area contributed by atoms with Gasteiger partial charge < -0.3 is 15.8 Å². The van der Waals surface area contributed by atoms with E-state index in [1.165, 1.54) is 6.07 Å². The van der Waals surface area contributed by atoms with E-state index < -0.39 is 11.5 Å². The molecule has 1 saturated carbocycles. The molecule has 1 aliphatic carbocycles. The van der Waals surface area contributed by atoms with E-state index in [4.69, 9.17) is 5.73 Å². The first-order valence-corrected chi connectivity index (χ1v) is 8.62. The fourth-order valence-corrected chi connectivity index (χ4v) is 3.13. The van der Waals surface area contributed by atoms with Crippen molar-refractivity contribution in [3.63, 3.8) is 0 Å². The third-order valence-electron chi connectivity index (χ3n) is 4.65. The summed E-state index contributed by atoms with van der Waals surface area (Å²) in [4.78, 5) is 26.4. The number of anilines is 1. The number of aromatic carboxylic acids is 1. The maximum atomic E-state index is 12.2. The minimum absolute atomic E-state index is 0.205. The van der Waals surface area contributed by atoms with E-state index >= 15 is 0 Å². The fraction of sp³-hybridized carbons (Fsp3) is 0.238. The number of H-pyrrole nitrogens is 1. The lowest BCUT2D eigenvalue weighted by Crippen LogP contribution is -2.20. The molecule has 0 unspecified atom stereocenters. The van der Waals surface area contributed by atoms with Gasteiger partial charge in [0.25, 0.3) is 5.56 Å². The third kappa shape index (κ3) is 3.47. The van der Waals surface area contributed by atoms with Crippen molar-refractivity contribution in [1.29, 1.82) is 0 Å². The van der Waals surface area contributed by atoms with Gasteiger partial charge in [0.1, 0.15) is 5.56 Å². The lowest BCUT2D eigenvalue weighted by Gasteiger charge is -2.14. The number of allylic oxidation sites excluding steroid dienone is 4. The summed E-state index contributed by atoms with van der Waals surface area (Å²) >= 11 is 0. The second kappa shape index (κ2) is 7.04. The maximum absolute atomic E-state index is 12.2. The lowest BCUT2D eigenvalue weighted by molar-refractivity contribution is 0.0695. The van der Waals surface area contributed by atoms with Crippen LogP contribution in [0, 0.1) is 0 Å². The smallest absolute Gasteiger partial charge is 0.341 e. The second-order valence-electron chi connectivity index (χ2n) is 6.58. The number of aromatic nitrogens is 1. The Morgan fingerprint density at radius 2 is 1.92 bits per heavy atom. The van der Waals surface area contributed by atoms with Crippen LogP contribution >= 0.6 is 0 Å². The van der Waals surface area contributed by atoms with E-state index in [1.54, 1.807) is 0 Å². The molecule has 26 heavy (non-hydrogen) atoms. The Morgan fingerprint density at radius 1 is 1.27 bits per heavy atom. The van der Waals surface area contributed by atoms with Crippen molar-refractivity contribution in [2.75, 3.05) is 5.73 Å². The Labute approximate surface area is 151 Å². The molecule has 1 aliphatic rings. The summed E-state index contributed by atoms with van der Waals surface area (Å²) in [6.45, 7) is 3.88. The molecule has 0 spiro atoms. The SMILES string of the molecule is C/C=C\C(=C(\C)c1[nH]c(=O)c(C(=O)O)cc1C1CC1)c1ccc(N)cc1. The van der Waals surface area contributed by atoms with Crippen LogP contribution in [-0.2, 0) is 0 Å². The molecule has 4 N–H and O–H groups in total. The summed E-state index contributed by atoms with van der Waals surface area (Å²) in [7, 11) is 0. The van der Waals surface area contributed by atoms with Gasteiger partial charge in [0.2, 0.25) is 0 Å². The number of hydrogen-bond acceptors (Lipinski definition) is 3. The lowest BCUT2D eigenvalue weighted by atomic mass is 9.93. The molecule has 1 fully saturated rings. The molecule has 134 valence electrons. The zero-order chi connectivity index (χ0) is 18.8. The van der Waals surface area contributed by atoms with Gasteiger partial charge in [0.05, 0.1) is 0 Å². The zero-order valence-corrected chi connectivity index (χ0v) is 14.9. The molecular formula is C21H22N2O3. The number of aromatic amines is 1. The van der Waals surface area contributed by atoms with E-state index in [1.807, 2.05) is 50.3 Å². The molecule has 5 heteroatoms. The number of carboxylic acid groups (broad SMARTS) is 1. The molecule has 0 radical (unpaired) electrons. The Bertz CT molecular complexity index is 962. The van der Waals surface area contributed by atoms with Crippen LogP contribution < -0.4 is 11.3 Å². The van der Waals surface area contributed by atoms with Gasteiger partial charge in [-0.3, -0.25) is 4.79 Å². The average molecular weight is 350 g/mol. The van der Waals surface area contributed by atoms with Gasteiger partial charge in [-0.05, 0) is 73.1 Å². The van der Waals surface area contributed by atoms with E-state index in [0.29, 0.717) is 17.3 Å². The normalized spacial score (nSPS) is 15.2. The van der Waals surface area contributed by atoms with Crippen LogP contribution in [0.4, 0.5) is 5.69 Å². The number of carboxylic acids is 1. The quantitative estimate of drug-likeness (QED) is 0.560. The molecule has 2 aromatic rings. The largest absolute Gasteiger partial charge is 0.477 e. The Hall–Kier alpha value is -3.08. The standard InChI is InChI=1S/C21H22N2O3/c1-3-4-16(13-7-9-15(22)10-8-13)12(2)19-17(14-5-6-14)11-18(21(25)26)20(24)23-19/h3-4,7-11,14H,5-6,22H2,1-2H3,(H,23,24)(H,25,26)/b4-3-,16-12+. The average Bonchev–Trinajstić information content (AvgIpc) is 3.44. The van der Waals surface area contributed by atoms with Crippen molar-refractivity contribution in [3.8, 4) is 0 Å². The van der Waals surface area contributed by atoms with Gasteiger partial charge in [-0.25, -0.2) is 4.79 Å². The third-order valence-corrected chi connectivity index (χ3v) is 4.65. The highest BCUT2D eigenvalue weighted by molar-refractivity contribution is 5.95. The topological polar surface area (TPSA) is 96.2 Å². The number of hydrogen-bond donors (Lipinski definition) is 3. The van der Waals surface area contributed by atoms with Gasteiger partial charge in [-0.2, -0.15) is 0 Å². The van der Waals surface area contributed by atoms with E-state index in [0.717, 1.165) is 35.1 Å². The summed E-state index contributed by atoms with van der Waals surface area (Å²) < 4.78 is 0. The number of pyridine rings is 1. The van der Waals surface area contributed by atoms with Crippen LogP contribution in [0.15, 0.2) is 47.3 Å². The van der Waals surface area contributed by atoms with Gasteiger partial charge in [-0.1, -0.05) is 24.3 Å². The summed E-state index contributed by atoms with van der Waals surface area (Å²) in [5.74, 6) is -0.901. The molecule has 0 bridgehead atoms. The van der Waals surface area contributed by atoms with Gasteiger partial charge >= 0.3 is 5.97 Å². The molecule has 0 saturated heterocycles. The minimum atomic E-state index is -1.20. The highest BCUT2D eigenvalue weighted by atomic mass is 16.4. The van der Waals surface area contributed by atoms with Gasteiger partial charge in [-0.15, -0.1) is 0 Å². The van der Waals surface area contributed by atoms with Gasteiger partial charge in [0, 0.05) is 11.4 Å². The molecule has 0 atom stereocenters. The number of carbonyl (C=O) groups is 1. The van der Waals surface area contributed by atoms with E-state index in [-0.39, 0.29) is 5.56 Å². The van der Waals surface area contributed by atoms with Crippen LogP contribution in [0.2, 0.25) is 0 Å². The zero-order valence-electron chi connectivity index (χ0n) is 14.9. The van der Waals surface area contributed by atoms with Crippen molar-refractivity contribution < 1.29 is 9.90 Å². The molecule has 0 amide bonds. The van der Waals surface area contributed by atoms with Crippen LogP contribution in [0.25, 0.3) is 11.1 Å². The van der Waals surface area contributed by atoms with Gasteiger partial charge in [0.15, 0.2) is 0 Å². The minimum Gasteiger partial charge on any atom is -0.477 e. The molecule has 3 rings (SSSR count). The summed E-state index contributed by atoms with van der Waals surface area (Å²) in [6, 6.07) is 9.09. The molecule has 5 nitrogen and oxygen atoms in total. The van der Waals surface area contributed by atoms with Crippen molar-refractivity contribution in [3.05, 3.63) is 75.2 Å². The first kappa shape index (κ1) is 17.7. The summed E-state index contributed by atoms with van der Waals surface area (Å²) in [6.07, 6.45) is 5.94. The van der Waals surface area contributed by atoms with Crippen LogP contribution in [0.3, 0.4) is 0 Å². The number of nitrogens with two attached hydrogens (primary N) is 1.